The summed E-state index contributed by atoms with van der Waals surface area (Å²) in [5, 5.41) is 7.09. The van der Waals surface area contributed by atoms with Crippen LogP contribution in [0.4, 0.5) is 0 Å². The topological polar surface area (TPSA) is 60.2 Å². The van der Waals surface area contributed by atoms with E-state index in [9.17, 15) is 0 Å². The van der Waals surface area contributed by atoms with Crippen LogP contribution in [-0.2, 0) is 13.0 Å². The highest BCUT2D eigenvalue weighted by Crippen LogP contribution is 2.17. The number of nitrogens with zero attached hydrogens (tertiary/aromatic N) is 2. The Balaban J connectivity index is 1.79. The van der Waals surface area contributed by atoms with Crippen molar-refractivity contribution >= 4 is 0 Å². The van der Waals surface area contributed by atoms with Crippen LogP contribution in [0, 0.1) is 0 Å². The third-order valence-corrected chi connectivity index (χ3v) is 2.52. The van der Waals surface area contributed by atoms with E-state index in [0.717, 1.165) is 36.6 Å². The summed E-state index contributed by atoms with van der Waals surface area (Å²) in [6, 6.07) is 8.04. The minimum atomic E-state index is 0.680. The predicted molar refractivity (Wildman–Crippen MR) is 67.3 cm³/mol. The highest BCUT2D eigenvalue weighted by Gasteiger charge is 2.02. The highest BCUT2D eigenvalue weighted by molar-refractivity contribution is 5.33. The molecule has 1 heterocycles. The minimum Gasteiger partial charge on any atom is -0.494 e. The maximum atomic E-state index is 5.56. The fourth-order valence-corrected chi connectivity index (χ4v) is 1.67. The number of nitrogens with one attached hydrogen (secondary N) is 1. The lowest BCUT2D eigenvalue weighted by Gasteiger charge is -2.10. The average Bonchev–Trinajstić information content (AvgIpc) is 2.90. The summed E-state index contributed by atoms with van der Waals surface area (Å²) >= 11 is 0. The normalized spacial score (nSPS) is 10.5. The van der Waals surface area contributed by atoms with Gasteiger partial charge in [0.2, 0.25) is 6.39 Å². The zero-order chi connectivity index (χ0) is 12.6. The largest absolute Gasteiger partial charge is 0.494 e. The number of ether oxygens (including phenoxy) is 1. The number of para-hydroxylation sites is 1. The van der Waals surface area contributed by atoms with E-state index in [-0.39, 0.29) is 0 Å². The Morgan fingerprint density at radius 2 is 2.22 bits per heavy atom. The van der Waals surface area contributed by atoms with Crippen LogP contribution in [0.15, 0.2) is 35.2 Å². The van der Waals surface area contributed by atoms with Crippen molar-refractivity contribution in [3.8, 4) is 5.75 Å². The molecule has 2 aromatic rings. The van der Waals surface area contributed by atoms with Crippen molar-refractivity contribution in [1.29, 1.82) is 0 Å². The molecular formula is C13H17N3O2. The van der Waals surface area contributed by atoms with Gasteiger partial charge < -0.3 is 14.6 Å². The first-order valence-corrected chi connectivity index (χ1v) is 6.07. The van der Waals surface area contributed by atoms with Crippen molar-refractivity contribution in [2.45, 2.75) is 19.9 Å². The van der Waals surface area contributed by atoms with E-state index in [1.54, 1.807) is 0 Å². The number of aromatic nitrogens is 2. The highest BCUT2D eigenvalue weighted by atomic mass is 16.5. The molecule has 5 heteroatoms. The van der Waals surface area contributed by atoms with Gasteiger partial charge in [0.05, 0.1) is 6.61 Å². The maximum Gasteiger partial charge on any atom is 0.213 e. The average molecular weight is 247 g/mol. The van der Waals surface area contributed by atoms with Gasteiger partial charge in [-0.05, 0) is 13.0 Å². The third kappa shape index (κ3) is 3.56. The Kier molecular flexibility index (Phi) is 4.72. The molecule has 1 aromatic heterocycles. The van der Waals surface area contributed by atoms with Gasteiger partial charge in [-0.2, -0.15) is 4.98 Å². The monoisotopic (exact) mass is 247 g/mol. The second-order valence-corrected chi connectivity index (χ2v) is 3.81. The van der Waals surface area contributed by atoms with Gasteiger partial charge in [-0.1, -0.05) is 23.4 Å². The van der Waals surface area contributed by atoms with Crippen LogP contribution in [0.3, 0.4) is 0 Å². The first-order valence-electron chi connectivity index (χ1n) is 6.07. The Hall–Kier alpha value is -1.88. The van der Waals surface area contributed by atoms with Crippen LogP contribution < -0.4 is 10.1 Å². The lowest BCUT2D eigenvalue weighted by Crippen LogP contribution is -2.17. The minimum absolute atomic E-state index is 0.680. The molecule has 0 spiro atoms. The summed E-state index contributed by atoms with van der Waals surface area (Å²) in [5.74, 6) is 1.66. The number of hydrogen-bond donors (Lipinski definition) is 1. The fourth-order valence-electron chi connectivity index (χ4n) is 1.67. The maximum absolute atomic E-state index is 5.56. The van der Waals surface area contributed by atoms with Crippen LogP contribution in [-0.4, -0.2) is 23.3 Å². The lowest BCUT2D eigenvalue weighted by atomic mass is 10.2. The third-order valence-electron chi connectivity index (χ3n) is 2.52. The second-order valence-electron chi connectivity index (χ2n) is 3.81. The van der Waals surface area contributed by atoms with Crippen molar-refractivity contribution in [2.24, 2.45) is 0 Å². The summed E-state index contributed by atoms with van der Waals surface area (Å²) in [7, 11) is 0. The standard InChI is InChI=1S/C13H17N3O2/c1-2-17-12-6-4-3-5-11(12)9-14-8-7-13-15-10-18-16-13/h3-6,10,14H,2,7-9H2,1H3. The zero-order valence-electron chi connectivity index (χ0n) is 10.4. The number of hydrogen-bond acceptors (Lipinski definition) is 5. The van der Waals surface area contributed by atoms with Gasteiger partial charge in [0.1, 0.15) is 5.75 Å². The number of rotatable bonds is 7. The van der Waals surface area contributed by atoms with E-state index in [4.69, 9.17) is 4.74 Å². The van der Waals surface area contributed by atoms with Crippen LogP contribution in [0.2, 0.25) is 0 Å². The quantitative estimate of drug-likeness (QED) is 0.756. The molecule has 5 nitrogen and oxygen atoms in total. The van der Waals surface area contributed by atoms with Crippen LogP contribution in [0.25, 0.3) is 0 Å². The molecule has 1 N–H and O–H groups in total. The zero-order valence-corrected chi connectivity index (χ0v) is 10.4. The molecule has 0 amide bonds. The van der Waals surface area contributed by atoms with Gasteiger partial charge in [-0.15, -0.1) is 0 Å². The first kappa shape index (κ1) is 12.6. The van der Waals surface area contributed by atoms with Crippen molar-refractivity contribution in [3.05, 3.63) is 42.0 Å². The molecule has 0 atom stereocenters. The molecule has 0 aliphatic rings. The Labute approximate surface area is 106 Å². The Morgan fingerprint density at radius 1 is 1.33 bits per heavy atom. The molecule has 0 radical (unpaired) electrons. The molecule has 1 aromatic carbocycles. The van der Waals surface area contributed by atoms with Crippen LogP contribution >= 0.6 is 0 Å². The fraction of sp³-hybridized carbons (Fsp3) is 0.385. The van der Waals surface area contributed by atoms with Crippen molar-refractivity contribution in [1.82, 2.24) is 15.5 Å². The number of benzene rings is 1. The molecule has 0 bridgehead atoms. The Morgan fingerprint density at radius 3 is 3.00 bits per heavy atom. The molecule has 2 rings (SSSR count). The van der Waals surface area contributed by atoms with Crippen molar-refractivity contribution < 1.29 is 9.26 Å². The van der Waals surface area contributed by atoms with Gasteiger partial charge in [0.15, 0.2) is 5.82 Å². The summed E-state index contributed by atoms with van der Waals surface area (Å²) in [4.78, 5) is 3.97. The molecule has 0 unspecified atom stereocenters. The van der Waals surface area contributed by atoms with E-state index >= 15 is 0 Å². The lowest BCUT2D eigenvalue weighted by molar-refractivity contribution is 0.335. The Bertz CT molecular complexity index is 457. The van der Waals surface area contributed by atoms with E-state index < -0.39 is 0 Å². The van der Waals surface area contributed by atoms with E-state index in [1.807, 2.05) is 25.1 Å². The van der Waals surface area contributed by atoms with Crippen molar-refractivity contribution in [3.63, 3.8) is 0 Å². The van der Waals surface area contributed by atoms with Gasteiger partial charge in [0, 0.05) is 25.1 Å². The predicted octanol–water partition coefficient (Wildman–Crippen LogP) is 1.80. The molecule has 0 saturated heterocycles. The summed E-state index contributed by atoms with van der Waals surface area (Å²) < 4.78 is 10.2. The van der Waals surface area contributed by atoms with Crippen LogP contribution in [0.5, 0.6) is 5.75 Å². The van der Waals surface area contributed by atoms with Crippen molar-refractivity contribution in [2.75, 3.05) is 13.2 Å². The van der Waals surface area contributed by atoms with Gasteiger partial charge in [0.25, 0.3) is 0 Å². The summed E-state index contributed by atoms with van der Waals surface area (Å²) in [6.45, 7) is 4.24. The molecule has 0 aliphatic heterocycles. The molecular weight excluding hydrogens is 230 g/mol. The summed E-state index contributed by atoms with van der Waals surface area (Å²) in [5.41, 5.74) is 1.16. The molecule has 0 fully saturated rings. The van der Waals surface area contributed by atoms with Crippen LogP contribution in [0.1, 0.15) is 18.3 Å². The van der Waals surface area contributed by atoms with Gasteiger partial charge in [-0.25, -0.2) is 0 Å². The van der Waals surface area contributed by atoms with Gasteiger partial charge in [-0.3, -0.25) is 0 Å². The van der Waals surface area contributed by atoms with E-state index in [1.165, 1.54) is 6.39 Å². The van der Waals surface area contributed by atoms with Gasteiger partial charge >= 0.3 is 0 Å². The molecule has 0 saturated carbocycles. The molecule has 96 valence electrons. The SMILES string of the molecule is CCOc1ccccc1CNCCc1ncon1. The summed E-state index contributed by atoms with van der Waals surface area (Å²) in [6.07, 6.45) is 2.10. The molecule has 18 heavy (non-hydrogen) atoms. The second kappa shape index (κ2) is 6.76. The van der Waals surface area contributed by atoms with E-state index in [2.05, 4.69) is 26.0 Å². The smallest absolute Gasteiger partial charge is 0.213 e. The molecule has 0 aliphatic carbocycles. The van der Waals surface area contributed by atoms with E-state index in [0.29, 0.717) is 6.61 Å². The first-order chi connectivity index (χ1) is 8.90.